The zero-order valence-electron chi connectivity index (χ0n) is 24.5. The lowest BCUT2D eigenvalue weighted by Gasteiger charge is -2.15. The SMILES string of the molecule is CC(=O)c1ccc(N2C(=O)C[C@H](Sc3cccc(NC(=O)/C(=C/c4ccc5c(c4)OCO5)NC(=O)c4ccccc4)c3)C2=O)cc1. The van der Waals surface area contributed by atoms with Crippen LogP contribution in [0, 0.1) is 0 Å². The summed E-state index contributed by atoms with van der Waals surface area (Å²) in [6.07, 6.45) is 1.54. The van der Waals surface area contributed by atoms with E-state index >= 15 is 0 Å². The number of imide groups is 1. The molecule has 0 radical (unpaired) electrons. The Morgan fingerprint density at radius 3 is 2.37 bits per heavy atom. The number of nitrogens with zero attached hydrogens (tertiary/aromatic N) is 1. The Kier molecular flexibility index (Phi) is 8.66. The number of amides is 4. The Balaban J connectivity index is 1.18. The zero-order valence-corrected chi connectivity index (χ0v) is 25.3. The molecular formula is C35H27N3O7S. The van der Waals surface area contributed by atoms with Crippen LogP contribution >= 0.6 is 11.8 Å². The summed E-state index contributed by atoms with van der Waals surface area (Å²) in [5, 5.41) is 4.87. The molecule has 1 fully saturated rings. The molecule has 11 heteroatoms. The van der Waals surface area contributed by atoms with Crippen molar-refractivity contribution in [3.05, 3.63) is 119 Å². The van der Waals surface area contributed by atoms with Gasteiger partial charge in [0.05, 0.1) is 10.9 Å². The fourth-order valence-corrected chi connectivity index (χ4v) is 6.05. The smallest absolute Gasteiger partial charge is 0.272 e. The van der Waals surface area contributed by atoms with E-state index in [1.807, 2.05) is 0 Å². The van der Waals surface area contributed by atoms with Gasteiger partial charge in [0.2, 0.25) is 18.6 Å². The molecule has 0 saturated carbocycles. The number of carbonyl (C=O) groups excluding carboxylic acids is 5. The van der Waals surface area contributed by atoms with Crippen LogP contribution in [0.5, 0.6) is 11.5 Å². The first kappa shape index (κ1) is 30.4. The van der Waals surface area contributed by atoms with Gasteiger partial charge in [-0.2, -0.15) is 0 Å². The van der Waals surface area contributed by atoms with Crippen molar-refractivity contribution in [1.82, 2.24) is 5.32 Å². The first-order valence-corrected chi connectivity index (χ1v) is 15.2. The van der Waals surface area contributed by atoms with Crippen LogP contribution < -0.4 is 25.0 Å². The molecule has 46 heavy (non-hydrogen) atoms. The second-order valence-electron chi connectivity index (χ2n) is 10.5. The van der Waals surface area contributed by atoms with E-state index in [2.05, 4.69) is 10.6 Å². The summed E-state index contributed by atoms with van der Waals surface area (Å²) in [7, 11) is 0. The molecule has 6 rings (SSSR count). The summed E-state index contributed by atoms with van der Waals surface area (Å²) in [6.45, 7) is 1.55. The Bertz CT molecular complexity index is 1890. The number of anilines is 2. The van der Waals surface area contributed by atoms with E-state index < -0.39 is 17.1 Å². The molecule has 4 aromatic carbocycles. The van der Waals surface area contributed by atoms with Gasteiger partial charge in [0.25, 0.3) is 11.8 Å². The Hall–Kier alpha value is -5.68. The number of fused-ring (bicyclic) bond motifs is 1. The largest absolute Gasteiger partial charge is 0.454 e. The van der Waals surface area contributed by atoms with Crippen LogP contribution in [-0.4, -0.2) is 41.5 Å². The van der Waals surface area contributed by atoms with Crippen molar-refractivity contribution < 1.29 is 33.4 Å². The van der Waals surface area contributed by atoms with E-state index in [9.17, 15) is 24.0 Å². The minimum Gasteiger partial charge on any atom is -0.454 e. The molecule has 230 valence electrons. The maximum Gasteiger partial charge on any atom is 0.272 e. The summed E-state index contributed by atoms with van der Waals surface area (Å²) >= 11 is 1.21. The van der Waals surface area contributed by atoms with Gasteiger partial charge < -0.3 is 20.1 Å². The number of thioether (sulfide) groups is 1. The second kappa shape index (κ2) is 13.1. The fourth-order valence-electron chi connectivity index (χ4n) is 4.93. The number of nitrogens with one attached hydrogen (secondary N) is 2. The minimum absolute atomic E-state index is 0.00246. The quantitative estimate of drug-likeness (QED) is 0.141. The van der Waals surface area contributed by atoms with E-state index in [-0.39, 0.29) is 36.5 Å². The standard InChI is InChI=1S/C35H27N3O7S/c1-21(39)23-11-13-26(14-12-23)38-32(40)19-31(35(38)43)46-27-9-5-8-25(18-27)36-34(42)28(37-33(41)24-6-3-2-4-7-24)16-22-10-15-29-30(17-22)45-20-44-29/h2-18,31H,19-20H2,1H3,(H,36,42)(H,37,41)/b28-16-/t31-/m0/s1. The molecule has 4 aromatic rings. The van der Waals surface area contributed by atoms with E-state index in [1.165, 1.54) is 24.8 Å². The fraction of sp³-hybridized carbons (Fsp3) is 0.114. The highest BCUT2D eigenvalue weighted by atomic mass is 32.2. The Morgan fingerprint density at radius 2 is 1.61 bits per heavy atom. The van der Waals surface area contributed by atoms with E-state index in [1.54, 1.807) is 97.1 Å². The lowest BCUT2D eigenvalue weighted by Crippen LogP contribution is -2.31. The Morgan fingerprint density at radius 1 is 0.848 bits per heavy atom. The van der Waals surface area contributed by atoms with Gasteiger partial charge in [0.15, 0.2) is 17.3 Å². The number of hydrogen-bond acceptors (Lipinski definition) is 8. The van der Waals surface area contributed by atoms with E-state index in [0.717, 1.165) is 4.90 Å². The first-order valence-electron chi connectivity index (χ1n) is 14.3. The average Bonchev–Trinajstić information content (AvgIpc) is 3.64. The van der Waals surface area contributed by atoms with Crippen LogP contribution in [0.1, 0.15) is 39.6 Å². The van der Waals surface area contributed by atoms with Gasteiger partial charge in [0, 0.05) is 28.1 Å². The normalized spacial score (nSPS) is 15.5. The maximum atomic E-state index is 13.6. The molecule has 10 nitrogen and oxygen atoms in total. The van der Waals surface area contributed by atoms with E-state index in [4.69, 9.17) is 9.47 Å². The van der Waals surface area contributed by atoms with Gasteiger partial charge in [-0.3, -0.25) is 24.0 Å². The van der Waals surface area contributed by atoms with E-state index in [0.29, 0.717) is 44.5 Å². The lowest BCUT2D eigenvalue weighted by molar-refractivity contribution is -0.121. The van der Waals surface area contributed by atoms with Crippen molar-refractivity contribution in [3.8, 4) is 11.5 Å². The summed E-state index contributed by atoms with van der Waals surface area (Å²) in [4.78, 5) is 66.0. The maximum absolute atomic E-state index is 13.6. The van der Waals surface area contributed by atoms with Crippen LogP contribution in [0.15, 0.2) is 108 Å². The third-order valence-electron chi connectivity index (χ3n) is 7.24. The summed E-state index contributed by atoms with van der Waals surface area (Å²) in [6, 6.07) is 26.9. The molecule has 2 aliphatic heterocycles. The Labute approximate surface area is 268 Å². The molecule has 0 bridgehead atoms. The molecule has 0 unspecified atom stereocenters. The van der Waals surface area contributed by atoms with Crippen LogP contribution in [0.4, 0.5) is 11.4 Å². The predicted octanol–water partition coefficient (Wildman–Crippen LogP) is 5.45. The first-order chi connectivity index (χ1) is 22.2. The van der Waals surface area contributed by atoms with Crippen LogP contribution in [0.2, 0.25) is 0 Å². The number of rotatable bonds is 9. The van der Waals surface area contributed by atoms with Crippen molar-refractivity contribution in [1.29, 1.82) is 0 Å². The zero-order chi connectivity index (χ0) is 32.2. The number of benzene rings is 4. The van der Waals surface area contributed by atoms with Gasteiger partial charge in [0.1, 0.15) is 5.70 Å². The molecule has 2 aliphatic rings. The van der Waals surface area contributed by atoms with Gasteiger partial charge in [-0.15, -0.1) is 11.8 Å². The topological polar surface area (TPSA) is 131 Å². The lowest BCUT2D eigenvalue weighted by atomic mass is 10.1. The molecule has 1 saturated heterocycles. The highest BCUT2D eigenvalue weighted by Gasteiger charge is 2.40. The molecule has 0 spiro atoms. The van der Waals surface area contributed by atoms with Crippen molar-refractivity contribution in [2.75, 3.05) is 17.0 Å². The molecule has 2 N–H and O–H groups in total. The second-order valence-corrected chi connectivity index (χ2v) is 11.7. The number of ether oxygens (including phenoxy) is 2. The van der Waals surface area contributed by atoms with Crippen molar-refractivity contribution in [3.63, 3.8) is 0 Å². The summed E-state index contributed by atoms with van der Waals surface area (Å²) in [5.74, 6) is -0.734. The highest BCUT2D eigenvalue weighted by molar-refractivity contribution is 8.00. The van der Waals surface area contributed by atoms with Gasteiger partial charge in [-0.05, 0) is 85.3 Å². The predicted molar refractivity (Wildman–Crippen MR) is 173 cm³/mol. The molecule has 0 aliphatic carbocycles. The molecule has 0 aromatic heterocycles. The monoisotopic (exact) mass is 633 g/mol. The number of hydrogen-bond donors (Lipinski definition) is 2. The van der Waals surface area contributed by atoms with Crippen LogP contribution in [-0.2, 0) is 14.4 Å². The van der Waals surface area contributed by atoms with Crippen molar-refractivity contribution >= 4 is 58.6 Å². The van der Waals surface area contributed by atoms with Gasteiger partial charge in [-0.25, -0.2) is 4.90 Å². The molecule has 2 heterocycles. The van der Waals surface area contributed by atoms with Crippen LogP contribution in [0.25, 0.3) is 6.08 Å². The third-order valence-corrected chi connectivity index (χ3v) is 8.42. The van der Waals surface area contributed by atoms with Crippen molar-refractivity contribution in [2.45, 2.75) is 23.5 Å². The molecule has 1 atom stereocenters. The summed E-state index contributed by atoms with van der Waals surface area (Å²) < 4.78 is 10.8. The number of Topliss-reactive ketones (excluding diaryl/α,β-unsaturated/α-hetero) is 1. The number of carbonyl (C=O) groups is 5. The van der Waals surface area contributed by atoms with Gasteiger partial charge in [-0.1, -0.05) is 30.3 Å². The third kappa shape index (κ3) is 6.69. The number of ketones is 1. The molecular weight excluding hydrogens is 606 g/mol. The molecule has 4 amide bonds. The minimum atomic E-state index is -0.669. The average molecular weight is 634 g/mol. The summed E-state index contributed by atoms with van der Waals surface area (Å²) in [5.41, 5.74) is 2.30. The highest BCUT2D eigenvalue weighted by Crippen LogP contribution is 2.35. The van der Waals surface area contributed by atoms with Crippen LogP contribution in [0.3, 0.4) is 0 Å². The van der Waals surface area contributed by atoms with Crippen molar-refractivity contribution in [2.24, 2.45) is 0 Å². The van der Waals surface area contributed by atoms with Gasteiger partial charge >= 0.3 is 0 Å².